The Labute approximate surface area is 133 Å². The van der Waals surface area contributed by atoms with Crippen LogP contribution in [0.25, 0.3) is 0 Å². The minimum atomic E-state index is 0.160. The summed E-state index contributed by atoms with van der Waals surface area (Å²) in [6.07, 6.45) is 24.2. The Morgan fingerprint density at radius 2 is 1.05 bits per heavy atom. The first-order valence-electron chi connectivity index (χ1n) is 9.45. The van der Waals surface area contributed by atoms with Gasteiger partial charge in [-0.05, 0) is 12.6 Å². The van der Waals surface area contributed by atoms with Crippen LogP contribution in [0.3, 0.4) is 0 Å². The molecule has 0 bridgehead atoms. The van der Waals surface area contributed by atoms with Gasteiger partial charge in [0.25, 0.3) is 0 Å². The SMILES string of the molecule is CCCCCCCCCCCCCCCCC(N)C=CN. The van der Waals surface area contributed by atoms with E-state index in [2.05, 4.69) is 6.92 Å². The molecule has 0 saturated carbocycles. The van der Waals surface area contributed by atoms with E-state index in [0.717, 1.165) is 6.42 Å². The van der Waals surface area contributed by atoms with Crippen LogP contribution in [0, 0.1) is 0 Å². The van der Waals surface area contributed by atoms with Crippen LogP contribution in [0.15, 0.2) is 12.3 Å². The van der Waals surface area contributed by atoms with Gasteiger partial charge in [0, 0.05) is 6.04 Å². The van der Waals surface area contributed by atoms with Gasteiger partial charge >= 0.3 is 0 Å². The fourth-order valence-electron chi connectivity index (χ4n) is 2.81. The van der Waals surface area contributed by atoms with Gasteiger partial charge in [-0.2, -0.15) is 0 Å². The minimum absolute atomic E-state index is 0.160. The molecule has 0 spiro atoms. The maximum atomic E-state index is 5.86. The monoisotopic (exact) mass is 296 g/mol. The van der Waals surface area contributed by atoms with Gasteiger partial charge in [0.2, 0.25) is 0 Å². The minimum Gasteiger partial charge on any atom is -0.405 e. The number of nitrogens with two attached hydrogens (primary N) is 2. The van der Waals surface area contributed by atoms with Crippen molar-refractivity contribution in [2.45, 2.75) is 109 Å². The Morgan fingerprint density at radius 1 is 0.667 bits per heavy atom. The van der Waals surface area contributed by atoms with Gasteiger partial charge in [-0.15, -0.1) is 0 Å². The highest BCUT2D eigenvalue weighted by Crippen LogP contribution is 2.13. The highest BCUT2D eigenvalue weighted by molar-refractivity contribution is 4.87. The van der Waals surface area contributed by atoms with E-state index < -0.39 is 0 Å². The lowest BCUT2D eigenvalue weighted by Crippen LogP contribution is -2.16. The molecule has 4 N–H and O–H groups in total. The molecule has 0 aliphatic heterocycles. The maximum absolute atomic E-state index is 5.86. The Morgan fingerprint density at radius 3 is 1.43 bits per heavy atom. The second kappa shape index (κ2) is 17.6. The van der Waals surface area contributed by atoms with Gasteiger partial charge in [-0.1, -0.05) is 103 Å². The fraction of sp³-hybridized carbons (Fsp3) is 0.895. The summed E-state index contributed by atoms with van der Waals surface area (Å²) >= 11 is 0. The highest BCUT2D eigenvalue weighted by Gasteiger charge is 1.97. The van der Waals surface area contributed by atoms with Crippen LogP contribution >= 0.6 is 0 Å². The Bertz CT molecular complexity index is 214. The van der Waals surface area contributed by atoms with E-state index >= 15 is 0 Å². The summed E-state index contributed by atoms with van der Waals surface area (Å²) in [7, 11) is 0. The largest absolute Gasteiger partial charge is 0.405 e. The molecule has 0 aromatic rings. The van der Waals surface area contributed by atoms with Crippen LogP contribution in [-0.4, -0.2) is 6.04 Å². The van der Waals surface area contributed by atoms with Crippen molar-refractivity contribution < 1.29 is 0 Å². The van der Waals surface area contributed by atoms with Crippen LogP contribution in [0.5, 0.6) is 0 Å². The summed E-state index contributed by atoms with van der Waals surface area (Å²) in [5.74, 6) is 0. The Kier molecular flexibility index (Phi) is 17.1. The van der Waals surface area contributed by atoms with E-state index in [-0.39, 0.29) is 6.04 Å². The zero-order chi connectivity index (χ0) is 15.6. The molecule has 0 aliphatic carbocycles. The maximum Gasteiger partial charge on any atom is 0.0240 e. The Balaban J connectivity index is 3.02. The summed E-state index contributed by atoms with van der Waals surface area (Å²) < 4.78 is 0. The zero-order valence-electron chi connectivity index (χ0n) is 14.5. The summed E-state index contributed by atoms with van der Waals surface area (Å²) in [6, 6.07) is 0.160. The van der Waals surface area contributed by atoms with Crippen molar-refractivity contribution in [3.05, 3.63) is 12.3 Å². The van der Waals surface area contributed by atoms with Crippen molar-refractivity contribution >= 4 is 0 Å². The van der Waals surface area contributed by atoms with Crippen molar-refractivity contribution in [1.82, 2.24) is 0 Å². The molecule has 1 atom stereocenters. The second-order valence-electron chi connectivity index (χ2n) is 6.43. The molecule has 0 aliphatic rings. The lowest BCUT2D eigenvalue weighted by atomic mass is 10.0. The van der Waals surface area contributed by atoms with Gasteiger partial charge in [0.15, 0.2) is 0 Å². The van der Waals surface area contributed by atoms with Crippen molar-refractivity contribution in [3.8, 4) is 0 Å². The number of hydrogen-bond donors (Lipinski definition) is 2. The van der Waals surface area contributed by atoms with Crippen molar-refractivity contribution in [2.24, 2.45) is 11.5 Å². The molecule has 0 rings (SSSR count). The molecular formula is C19H40N2. The smallest absolute Gasteiger partial charge is 0.0240 e. The van der Waals surface area contributed by atoms with E-state index in [9.17, 15) is 0 Å². The first-order valence-corrected chi connectivity index (χ1v) is 9.45. The van der Waals surface area contributed by atoms with E-state index in [1.807, 2.05) is 6.08 Å². The average Bonchev–Trinajstić information content (AvgIpc) is 2.48. The molecule has 0 fully saturated rings. The Hall–Kier alpha value is -0.500. The molecule has 0 saturated heterocycles. The van der Waals surface area contributed by atoms with Crippen molar-refractivity contribution in [1.29, 1.82) is 0 Å². The first-order chi connectivity index (χ1) is 10.3. The summed E-state index contributed by atoms with van der Waals surface area (Å²) in [4.78, 5) is 0. The third kappa shape index (κ3) is 17.4. The molecular weight excluding hydrogens is 256 g/mol. The van der Waals surface area contributed by atoms with Crippen LogP contribution < -0.4 is 11.5 Å². The van der Waals surface area contributed by atoms with Gasteiger partial charge < -0.3 is 11.5 Å². The van der Waals surface area contributed by atoms with Crippen LogP contribution in [0.2, 0.25) is 0 Å². The zero-order valence-corrected chi connectivity index (χ0v) is 14.5. The number of unbranched alkanes of at least 4 members (excludes halogenated alkanes) is 13. The predicted octanol–water partition coefficient (Wildman–Crippen LogP) is 5.66. The fourth-order valence-corrected chi connectivity index (χ4v) is 2.81. The quantitative estimate of drug-likeness (QED) is 0.361. The predicted molar refractivity (Wildman–Crippen MR) is 96.2 cm³/mol. The first kappa shape index (κ1) is 20.5. The molecule has 1 unspecified atom stereocenters. The van der Waals surface area contributed by atoms with Crippen LogP contribution in [-0.2, 0) is 0 Å². The molecule has 0 aromatic carbocycles. The molecule has 2 nitrogen and oxygen atoms in total. The third-order valence-corrected chi connectivity index (χ3v) is 4.25. The van der Waals surface area contributed by atoms with Gasteiger partial charge in [-0.3, -0.25) is 0 Å². The molecule has 21 heavy (non-hydrogen) atoms. The van der Waals surface area contributed by atoms with Crippen LogP contribution in [0.1, 0.15) is 103 Å². The van der Waals surface area contributed by atoms with Crippen molar-refractivity contribution in [2.75, 3.05) is 0 Å². The average molecular weight is 297 g/mol. The topological polar surface area (TPSA) is 52.0 Å². The lowest BCUT2D eigenvalue weighted by molar-refractivity contribution is 0.528. The van der Waals surface area contributed by atoms with Crippen molar-refractivity contribution in [3.63, 3.8) is 0 Å². The van der Waals surface area contributed by atoms with E-state index in [1.54, 1.807) is 6.20 Å². The van der Waals surface area contributed by atoms with Gasteiger partial charge in [0.05, 0.1) is 0 Å². The lowest BCUT2D eigenvalue weighted by Gasteiger charge is -2.06. The molecule has 2 heteroatoms. The van der Waals surface area contributed by atoms with E-state index in [1.165, 1.54) is 89.9 Å². The summed E-state index contributed by atoms with van der Waals surface area (Å²) in [6.45, 7) is 2.28. The third-order valence-electron chi connectivity index (χ3n) is 4.25. The van der Waals surface area contributed by atoms with Crippen LogP contribution in [0.4, 0.5) is 0 Å². The molecule has 0 aromatic heterocycles. The standard InChI is InChI=1S/C19H40N2/c1-2-3-4-5-6-7-8-9-10-11-12-13-14-15-16-19(21)17-18-20/h17-19H,2-16,20-21H2,1H3. The molecule has 0 heterocycles. The van der Waals surface area contributed by atoms with E-state index in [4.69, 9.17) is 11.5 Å². The summed E-state index contributed by atoms with van der Waals surface area (Å²) in [5.41, 5.74) is 11.2. The second-order valence-corrected chi connectivity index (χ2v) is 6.43. The highest BCUT2D eigenvalue weighted by atomic mass is 14.6. The van der Waals surface area contributed by atoms with Gasteiger partial charge in [-0.25, -0.2) is 0 Å². The molecule has 0 radical (unpaired) electrons. The number of rotatable bonds is 16. The van der Waals surface area contributed by atoms with Gasteiger partial charge in [0.1, 0.15) is 0 Å². The molecule has 126 valence electrons. The number of hydrogen-bond acceptors (Lipinski definition) is 2. The van der Waals surface area contributed by atoms with E-state index in [0.29, 0.717) is 0 Å². The summed E-state index contributed by atoms with van der Waals surface area (Å²) in [5, 5.41) is 0. The normalized spacial score (nSPS) is 13.0. The molecule has 0 amide bonds.